The predicted octanol–water partition coefficient (Wildman–Crippen LogP) is 4.34. The lowest BCUT2D eigenvalue weighted by atomic mass is 10.1. The van der Waals surface area contributed by atoms with Crippen molar-refractivity contribution in [1.82, 2.24) is 4.98 Å². The number of rotatable bonds is 4. The Labute approximate surface area is 139 Å². The van der Waals surface area contributed by atoms with Crippen LogP contribution in [0.2, 0.25) is 0 Å². The van der Waals surface area contributed by atoms with Crippen molar-refractivity contribution in [3.8, 4) is 10.6 Å². The van der Waals surface area contributed by atoms with Crippen molar-refractivity contribution in [3.05, 3.63) is 62.3 Å². The molecule has 0 fully saturated rings. The third-order valence-corrected chi connectivity index (χ3v) is 4.81. The molecule has 1 amide bonds. The summed E-state index contributed by atoms with van der Waals surface area (Å²) in [5.41, 5.74) is 1.07. The first-order chi connectivity index (χ1) is 11.1. The number of hydrogen-bond acceptors (Lipinski definition) is 6. The third kappa shape index (κ3) is 3.13. The zero-order valence-electron chi connectivity index (χ0n) is 12.0. The van der Waals surface area contributed by atoms with Gasteiger partial charge in [0.05, 0.1) is 15.5 Å². The summed E-state index contributed by atoms with van der Waals surface area (Å²) < 4.78 is 0. The minimum atomic E-state index is -0.539. The Morgan fingerprint density at radius 1 is 1.26 bits per heavy atom. The smallest absolute Gasteiger partial charge is 0.285 e. The maximum Gasteiger partial charge on any atom is 0.285 e. The number of carbonyl (C=O) groups excluding carboxylic acids is 1. The van der Waals surface area contributed by atoms with Crippen LogP contribution in [0, 0.1) is 17.0 Å². The fourth-order valence-electron chi connectivity index (χ4n) is 2.12. The number of nitrogens with zero attached hydrogens (tertiary/aromatic N) is 2. The molecule has 0 radical (unpaired) electrons. The lowest BCUT2D eigenvalue weighted by molar-refractivity contribution is -0.385. The van der Waals surface area contributed by atoms with Gasteiger partial charge in [-0.3, -0.25) is 20.2 Å². The molecule has 3 rings (SSSR count). The zero-order chi connectivity index (χ0) is 16.4. The van der Waals surface area contributed by atoms with Crippen LogP contribution < -0.4 is 5.32 Å². The van der Waals surface area contributed by atoms with Crippen LogP contribution in [0.15, 0.2) is 41.1 Å². The number of nitro groups is 1. The molecule has 3 aromatic rings. The van der Waals surface area contributed by atoms with Crippen molar-refractivity contribution in [3.63, 3.8) is 0 Å². The van der Waals surface area contributed by atoms with Crippen molar-refractivity contribution in [2.24, 2.45) is 0 Å². The van der Waals surface area contributed by atoms with Gasteiger partial charge >= 0.3 is 0 Å². The summed E-state index contributed by atoms with van der Waals surface area (Å²) in [7, 11) is 0. The Hall–Kier alpha value is -2.58. The van der Waals surface area contributed by atoms with E-state index in [0.717, 1.165) is 10.6 Å². The van der Waals surface area contributed by atoms with Gasteiger partial charge in [-0.2, -0.15) is 0 Å². The van der Waals surface area contributed by atoms with E-state index in [1.807, 2.05) is 22.9 Å². The summed E-state index contributed by atoms with van der Waals surface area (Å²) in [5.74, 6) is -0.535. The van der Waals surface area contributed by atoms with Crippen LogP contribution in [-0.2, 0) is 0 Å². The van der Waals surface area contributed by atoms with Gasteiger partial charge in [-0.1, -0.05) is 18.2 Å². The van der Waals surface area contributed by atoms with Crippen molar-refractivity contribution < 1.29 is 9.72 Å². The van der Waals surface area contributed by atoms with Crippen molar-refractivity contribution in [2.75, 3.05) is 5.32 Å². The first-order valence-electron chi connectivity index (χ1n) is 6.61. The summed E-state index contributed by atoms with van der Waals surface area (Å²) in [6.45, 7) is 1.60. The highest BCUT2D eigenvalue weighted by atomic mass is 32.1. The fourth-order valence-corrected chi connectivity index (χ4v) is 3.58. The molecule has 23 heavy (non-hydrogen) atoms. The number of nitrogens with one attached hydrogen (secondary N) is 1. The fraction of sp³-hybridized carbons (Fsp3) is 0.0667. The minimum absolute atomic E-state index is 0.0304. The van der Waals surface area contributed by atoms with Crippen molar-refractivity contribution >= 4 is 39.4 Å². The van der Waals surface area contributed by atoms with E-state index in [1.54, 1.807) is 30.4 Å². The van der Waals surface area contributed by atoms with Crippen LogP contribution >= 0.6 is 22.7 Å². The minimum Gasteiger partial charge on any atom is -0.298 e. The number of carbonyl (C=O) groups is 1. The molecule has 0 saturated carbocycles. The highest BCUT2D eigenvalue weighted by Crippen LogP contribution is 2.29. The van der Waals surface area contributed by atoms with Crippen LogP contribution in [0.25, 0.3) is 10.6 Å². The lowest BCUT2D eigenvalue weighted by Crippen LogP contribution is -2.14. The van der Waals surface area contributed by atoms with E-state index in [1.165, 1.54) is 17.4 Å². The standard InChI is InChI=1S/C15H11N3O3S2/c1-9-4-2-5-10(13(9)18(20)21)14(19)17-15-16-11(8-23-15)12-6-3-7-22-12/h2-8H,1H3,(H,16,17,19). The van der Waals surface area contributed by atoms with E-state index >= 15 is 0 Å². The Balaban J connectivity index is 1.86. The lowest BCUT2D eigenvalue weighted by Gasteiger charge is -2.04. The van der Waals surface area contributed by atoms with E-state index < -0.39 is 10.8 Å². The number of nitro benzene ring substituents is 1. The number of amides is 1. The number of benzene rings is 1. The van der Waals surface area contributed by atoms with E-state index in [4.69, 9.17) is 0 Å². The van der Waals surface area contributed by atoms with Crippen molar-refractivity contribution in [1.29, 1.82) is 0 Å². The maximum absolute atomic E-state index is 12.3. The summed E-state index contributed by atoms with van der Waals surface area (Å²) in [6.07, 6.45) is 0. The Kier molecular flexibility index (Phi) is 4.18. The van der Waals surface area contributed by atoms with Gasteiger partial charge in [0.2, 0.25) is 0 Å². The number of para-hydroxylation sites is 1. The molecule has 0 aliphatic carbocycles. The first kappa shape index (κ1) is 15.3. The third-order valence-electron chi connectivity index (χ3n) is 3.16. The Morgan fingerprint density at radius 3 is 2.78 bits per heavy atom. The number of aromatic nitrogens is 1. The van der Waals surface area contributed by atoms with E-state index in [2.05, 4.69) is 10.3 Å². The van der Waals surface area contributed by atoms with Crippen LogP contribution in [-0.4, -0.2) is 15.8 Å². The second kappa shape index (κ2) is 6.27. The Morgan fingerprint density at radius 2 is 2.09 bits per heavy atom. The van der Waals surface area contributed by atoms with Gasteiger partial charge in [-0.25, -0.2) is 4.98 Å². The second-order valence-corrected chi connectivity index (χ2v) is 6.50. The van der Waals surface area contributed by atoms with Crippen LogP contribution in [0.3, 0.4) is 0 Å². The number of thiazole rings is 1. The summed E-state index contributed by atoms with van der Waals surface area (Å²) in [5, 5.41) is 18.0. The molecule has 1 aromatic carbocycles. The SMILES string of the molecule is Cc1cccc(C(=O)Nc2nc(-c3cccs3)cs2)c1[N+](=O)[O-]. The molecule has 6 nitrogen and oxygen atoms in total. The summed E-state index contributed by atoms with van der Waals surface area (Å²) in [6, 6.07) is 8.53. The highest BCUT2D eigenvalue weighted by Gasteiger charge is 2.23. The van der Waals surface area contributed by atoms with E-state index in [0.29, 0.717) is 10.7 Å². The molecular weight excluding hydrogens is 334 g/mol. The Bertz CT molecular complexity index is 872. The molecule has 1 N–H and O–H groups in total. The van der Waals surface area contributed by atoms with Gasteiger partial charge in [0.25, 0.3) is 11.6 Å². The van der Waals surface area contributed by atoms with Gasteiger partial charge < -0.3 is 0 Å². The number of hydrogen-bond donors (Lipinski definition) is 1. The summed E-state index contributed by atoms with van der Waals surface area (Å²) >= 11 is 2.84. The molecule has 0 aliphatic heterocycles. The number of thiophene rings is 1. The monoisotopic (exact) mass is 345 g/mol. The molecule has 2 aromatic heterocycles. The average molecular weight is 345 g/mol. The van der Waals surface area contributed by atoms with Crippen LogP contribution in [0.5, 0.6) is 0 Å². The molecule has 2 heterocycles. The topological polar surface area (TPSA) is 85.1 Å². The average Bonchev–Trinajstić information content (AvgIpc) is 3.17. The molecule has 0 bridgehead atoms. The number of aryl methyl sites for hydroxylation is 1. The van der Waals surface area contributed by atoms with E-state index in [-0.39, 0.29) is 11.3 Å². The van der Waals surface area contributed by atoms with E-state index in [9.17, 15) is 14.9 Å². The molecule has 0 unspecified atom stereocenters. The first-order valence-corrected chi connectivity index (χ1v) is 8.37. The molecular formula is C15H11N3O3S2. The van der Waals surface area contributed by atoms with Gasteiger partial charge in [0.15, 0.2) is 5.13 Å². The summed E-state index contributed by atoms with van der Waals surface area (Å²) in [4.78, 5) is 28.3. The molecule has 116 valence electrons. The van der Waals surface area contributed by atoms with Gasteiger partial charge in [0.1, 0.15) is 5.56 Å². The molecule has 0 spiro atoms. The van der Waals surface area contributed by atoms with Gasteiger partial charge in [-0.05, 0) is 24.4 Å². The van der Waals surface area contributed by atoms with Crippen LogP contribution in [0.4, 0.5) is 10.8 Å². The highest BCUT2D eigenvalue weighted by molar-refractivity contribution is 7.16. The molecule has 8 heteroatoms. The second-order valence-electron chi connectivity index (χ2n) is 4.70. The number of anilines is 1. The van der Waals surface area contributed by atoms with Crippen molar-refractivity contribution in [2.45, 2.75) is 6.92 Å². The van der Waals surface area contributed by atoms with Crippen LogP contribution in [0.1, 0.15) is 15.9 Å². The zero-order valence-corrected chi connectivity index (χ0v) is 13.6. The maximum atomic E-state index is 12.3. The quantitative estimate of drug-likeness (QED) is 0.563. The predicted molar refractivity (Wildman–Crippen MR) is 91.2 cm³/mol. The molecule has 0 saturated heterocycles. The molecule has 0 atom stereocenters. The van der Waals surface area contributed by atoms with Gasteiger partial charge in [-0.15, -0.1) is 22.7 Å². The normalized spacial score (nSPS) is 10.5. The van der Waals surface area contributed by atoms with Gasteiger partial charge in [0, 0.05) is 10.9 Å². The molecule has 0 aliphatic rings. The largest absolute Gasteiger partial charge is 0.298 e.